The molecule has 0 aliphatic carbocycles. The molecule has 0 radical (unpaired) electrons. The fourth-order valence-corrected chi connectivity index (χ4v) is 3.72. The molecule has 0 atom stereocenters. The number of hydrogen-bond donors (Lipinski definition) is 3. The third-order valence-corrected chi connectivity index (χ3v) is 5.63. The van der Waals surface area contributed by atoms with Crippen LogP contribution in [0, 0.1) is 0 Å². The van der Waals surface area contributed by atoms with Crippen molar-refractivity contribution < 1.29 is 14.0 Å². The van der Waals surface area contributed by atoms with Crippen LogP contribution < -0.4 is 16.0 Å². The van der Waals surface area contributed by atoms with E-state index in [1.54, 1.807) is 19.3 Å². The highest BCUT2D eigenvalue weighted by atomic mass is 19.1. The van der Waals surface area contributed by atoms with Gasteiger partial charge in [0.1, 0.15) is 5.67 Å². The fraction of sp³-hybridized carbons (Fsp3) is 0.440. The number of piperidine rings is 1. The number of benzene rings is 1. The van der Waals surface area contributed by atoms with E-state index in [1.807, 2.05) is 42.3 Å². The Kier molecular flexibility index (Phi) is 10.3. The predicted octanol–water partition coefficient (Wildman–Crippen LogP) is 2.85. The minimum absolute atomic E-state index is 0.250. The van der Waals surface area contributed by atoms with Gasteiger partial charge in [-0.25, -0.2) is 4.39 Å². The van der Waals surface area contributed by atoms with Gasteiger partial charge < -0.3 is 20.9 Å². The third kappa shape index (κ3) is 7.73. The highest BCUT2D eigenvalue weighted by Crippen LogP contribution is 2.28. The standard InChI is InChI=1S/C16H16N2O2.C9H19FN2/c1-12-15(16(20)17-2)8-14(11-19)10-18(12)9-13-6-4-3-5-7-13;1-11-6-2-3-9(10)4-7-12-8-5-9/h3-8,10-11H,1,9H2,2H3,(H,17,20);11-12H,2-8H2,1H3. The van der Waals surface area contributed by atoms with E-state index in [0.29, 0.717) is 36.2 Å². The van der Waals surface area contributed by atoms with Crippen molar-refractivity contribution in [2.75, 3.05) is 33.7 Å². The van der Waals surface area contributed by atoms with Crippen LogP contribution in [-0.2, 0) is 16.1 Å². The average Bonchev–Trinajstić information content (AvgIpc) is 2.81. The molecular formula is C25H35FN4O2. The molecule has 0 bridgehead atoms. The highest BCUT2D eigenvalue weighted by molar-refractivity contribution is 6.00. The van der Waals surface area contributed by atoms with E-state index in [0.717, 1.165) is 44.3 Å². The van der Waals surface area contributed by atoms with E-state index in [-0.39, 0.29) is 5.91 Å². The first-order valence-electron chi connectivity index (χ1n) is 11.1. The third-order valence-electron chi connectivity index (χ3n) is 5.63. The van der Waals surface area contributed by atoms with Crippen molar-refractivity contribution in [2.45, 2.75) is 37.9 Å². The second-order valence-corrected chi connectivity index (χ2v) is 8.05. The summed E-state index contributed by atoms with van der Waals surface area (Å²) >= 11 is 0. The molecule has 2 heterocycles. The van der Waals surface area contributed by atoms with Gasteiger partial charge in [-0.3, -0.25) is 9.59 Å². The van der Waals surface area contributed by atoms with Gasteiger partial charge in [-0.1, -0.05) is 36.9 Å². The molecule has 2 aliphatic rings. The van der Waals surface area contributed by atoms with E-state index in [2.05, 4.69) is 22.5 Å². The van der Waals surface area contributed by atoms with Crippen LogP contribution >= 0.6 is 0 Å². The topological polar surface area (TPSA) is 73.5 Å². The first-order valence-corrected chi connectivity index (χ1v) is 11.1. The van der Waals surface area contributed by atoms with E-state index >= 15 is 0 Å². The van der Waals surface area contributed by atoms with Crippen LogP contribution in [0.4, 0.5) is 4.39 Å². The molecular weight excluding hydrogens is 407 g/mol. The number of aldehydes is 1. The lowest BCUT2D eigenvalue weighted by Crippen LogP contribution is -2.38. The number of nitrogens with zero attached hydrogens (tertiary/aromatic N) is 1. The van der Waals surface area contributed by atoms with Gasteiger partial charge in [-0.15, -0.1) is 0 Å². The number of carbonyl (C=O) groups is 2. The number of rotatable bonds is 8. The Labute approximate surface area is 190 Å². The number of carbonyl (C=O) groups excluding carboxylic acids is 2. The summed E-state index contributed by atoms with van der Waals surface area (Å²) in [5.41, 5.74) is 1.65. The molecule has 32 heavy (non-hydrogen) atoms. The summed E-state index contributed by atoms with van der Waals surface area (Å²) < 4.78 is 13.8. The Morgan fingerprint density at radius 2 is 1.94 bits per heavy atom. The number of amides is 1. The highest BCUT2D eigenvalue weighted by Gasteiger charge is 2.30. The molecule has 174 valence electrons. The van der Waals surface area contributed by atoms with E-state index < -0.39 is 5.67 Å². The summed E-state index contributed by atoms with van der Waals surface area (Å²) in [4.78, 5) is 24.7. The summed E-state index contributed by atoms with van der Waals surface area (Å²) in [6.07, 6.45) is 7.04. The fourth-order valence-electron chi connectivity index (χ4n) is 3.72. The Hall–Kier alpha value is -2.77. The average molecular weight is 443 g/mol. The normalized spacial score (nSPS) is 17.5. The van der Waals surface area contributed by atoms with Gasteiger partial charge in [0.2, 0.25) is 0 Å². The number of likely N-dealkylation sites (N-methyl/N-ethyl adjacent to an activating group) is 1. The molecule has 1 fully saturated rings. The van der Waals surface area contributed by atoms with E-state index in [4.69, 9.17) is 0 Å². The van der Waals surface area contributed by atoms with Crippen LogP contribution in [0.2, 0.25) is 0 Å². The first kappa shape index (κ1) is 25.5. The van der Waals surface area contributed by atoms with Gasteiger partial charge in [0, 0.05) is 31.1 Å². The van der Waals surface area contributed by atoms with Crippen LogP contribution in [0.15, 0.2) is 66.0 Å². The molecule has 0 aromatic heterocycles. The van der Waals surface area contributed by atoms with Crippen LogP contribution in [0.25, 0.3) is 0 Å². The zero-order valence-electron chi connectivity index (χ0n) is 19.1. The van der Waals surface area contributed by atoms with Gasteiger partial charge in [-0.05, 0) is 64.0 Å². The zero-order chi connectivity index (χ0) is 23.4. The van der Waals surface area contributed by atoms with Crippen LogP contribution in [-0.4, -0.2) is 56.5 Å². The minimum Gasteiger partial charge on any atom is -0.355 e. The maximum atomic E-state index is 13.8. The van der Waals surface area contributed by atoms with Crippen LogP contribution in [0.1, 0.15) is 31.2 Å². The van der Waals surface area contributed by atoms with Gasteiger partial charge in [0.05, 0.1) is 5.57 Å². The van der Waals surface area contributed by atoms with Gasteiger partial charge in [-0.2, -0.15) is 0 Å². The maximum Gasteiger partial charge on any atom is 0.253 e. The lowest BCUT2D eigenvalue weighted by atomic mass is 9.90. The minimum atomic E-state index is -0.873. The van der Waals surface area contributed by atoms with Crippen molar-refractivity contribution >= 4 is 12.2 Å². The van der Waals surface area contributed by atoms with Crippen LogP contribution in [0.3, 0.4) is 0 Å². The van der Waals surface area contributed by atoms with Crippen LogP contribution in [0.5, 0.6) is 0 Å². The number of hydrogen-bond acceptors (Lipinski definition) is 5. The van der Waals surface area contributed by atoms with Gasteiger partial charge in [0.15, 0.2) is 6.29 Å². The molecule has 0 unspecified atom stereocenters. The summed E-state index contributed by atoms with van der Waals surface area (Å²) in [5, 5.41) is 8.77. The van der Waals surface area contributed by atoms with Gasteiger partial charge >= 0.3 is 0 Å². The Balaban J connectivity index is 0.000000258. The van der Waals surface area contributed by atoms with Crippen molar-refractivity contribution in [3.8, 4) is 0 Å². The predicted molar refractivity (Wildman–Crippen MR) is 127 cm³/mol. The quantitative estimate of drug-likeness (QED) is 0.427. The SMILES string of the molecule is C=C1C(C(=O)NC)=CC(C=O)=CN1Cc1ccccc1.CNCCCC1(F)CCNCC1. The molecule has 6 nitrogen and oxygen atoms in total. The van der Waals surface area contributed by atoms with Crippen molar-refractivity contribution in [3.05, 3.63) is 71.6 Å². The largest absolute Gasteiger partial charge is 0.355 e. The molecule has 1 saturated heterocycles. The smallest absolute Gasteiger partial charge is 0.253 e. The molecule has 1 aromatic rings. The summed E-state index contributed by atoms with van der Waals surface area (Å²) in [7, 11) is 3.46. The number of halogens is 1. The maximum absolute atomic E-state index is 13.8. The molecule has 0 spiro atoms. The summed E-state index contributed by atoms with van der Waals surface area (Å²) in [6.45, 7) is 7.12. The van der Waals surface area contributed by atoms with Crippen molar-refractivity contribution in [1.29, 1.82) is 0 Å². The number of allylic oxidation sites excluding steroid dienone is 2. The molecule has 2 aliphatic heterocycles. The first-order chi connectivity index (χ1) is 15.4. The summed E-state index contributed by atoms with van der Waals surface area (Å²) in [6, 6.07) is 9.81. The monoisotopic (exact) mass is 442 g/mol. The molecule has 1 aromatic carbocycles. The molecule has 1 amide bonds. The van der Waals surface area contributed by atoms with Crippen molar-refractivity contribution in [1.82, 2.24) is 20.9 Å². The van der Waals surface area contributed by atoms with E-state index in [9.17, 15) is 14.0 Å². The zero-order valence-corrected chi connectivity index (χ0v) is 19.1. The van der Waals surface area contributed by atoms with Gasteiger partial charge in [0.25, 0.3) is 5.91 Å². The molecule has 0 saturated carbocycles. The molecule has 7 heteroatoms. The van der Waals surface area contributed by atoms with Crippen molar-refractivity contribution in [3.63, 3.8) is 0 Å². The lowest BCUT2D eigenvalue weighted by molar-refractivity contribution is -0.116. The number of alkyl halides is 1. The number of nitrogens with one attached hydrogen (secondary N) is 3. The van der Waals surface area contributed by atoms with E-state index in [1.165, 1.54) is 0 Å². The summed E-state index contributed by atoms with van der Waals surface area (Å²) in [5.74, 6) is -0.250. The Bertz CT molecular complexity index is 830. The lowest BCUT2D eigenvalue weighted by Gasteiger charge is -2.29. The molecule has 3 N–H and O–H groups in total. The second kappa shape index (κ2) is 12.9. The van der Waals surface area contributed by atoms with Crippen molar-refractivity contribution in [2.24, 2.45) is 0 Å². The molecule has 3 rings (SSSR count). The Morgan fingerprint density at radius 1 is 1.25 bits per heavy atom. The Morgan fingerprint density at radius 3 is 2.53 bits per heavy atom. The second-order valence-electron chi connectivity index (χ2n) is 8.05.